The van der Waals surface area contributed by atoms with E-state index in [1.165, 1.54) is 18.0 Å². The lowest BCUT2D eigenvalue weighted by Gasteiger charge is -2.09. The van der Waals surface area contributed by atoms with Crippen LogP contribution in [0.25, 0.3) is 44.6 Å². The van der Waals surface area contributed by atoms with Gasteiger partial charge >= 0.3 is 0 Å². The van der Waals surface area contributed by atoms with E-state index in [2.05, 4.69) is 20.5 Å². The van der Waals surface area contributed by atoms with Gasteiger partial charge in [0.2, 0.25) is 5.16 Å². The molecule has 0 aliphatic heterocycles. The minimum Gasteiger partial charge on any atom is -0.497 e. The number of fused-ring (bicyclic) bond motifs is 1. The van der Waals surface area contributed by atoms with Crippen LogP contribution in [0.2, 0.25) is 0 Å². The molecule has 0 saturated carbocycles. The van der Waals surface area contributed by atoms with E-state index in [0.29, 0.717) is 52.8 Å². The van der Waals surface area contributed by atoms with Crippen LogP contribution in [0.15, 0.2) is 130 Å². The van der Waals surface area contributed by atoms with Crippen molar-refractivity contribution in [3.8, 4) is 45.1 Å². The van der Waals surface area contributed by atoms with Crippen molar-refractivity contribution in [1.82, 2.24) is 30.2 Å². The Balaban J connectivity index is 0.938. The van der Waals surface area contributed by atoms with Crippen LogP contribution in [0.5, 0.6) is 11.5 Å². The number of hydrogen-bond donors (Lipinski definition) is 0. The molecule has 0 atom stereocenters. The monoisotopic (exact) mass is 654 g/mol. The molecule has 0 aliphatic rings. The van der Waals surface area contributed by atoms with Crippen molar-refractivity contribution in [1.29, 1.82) is 0 Å². The summed E-state index contributed by atoms with van der Waals surface area (Å²) in [5.41, 5.74) is 5.92. The van der Waals surface area contributed by atoms with Crippen molar-refractivity contribution in [3.63, 3.8) is 0 Å². The van der Waals surface area contributed by atoms with E-state index in [1.54, 1.807) is 30.0 Å². The van der Waals surface area contributed by atoms with Crippen LogP contribution in [0.3, 0.4) is 0 Å². The Bertz CT molecular complexity index is 2210. The van der Waals surface area contributed by atoms with E-state index in [1.807, 2.05) is 91.1 Å². The molecular formula is C37H30N6O4S. The summed E-state index contributed by atoms with van der Waals surface area (Å²) in [7, 11) is 1.60. The molecule has 0 amide bonds. The second-order valence-electron chi connectivity index (χ2n) is 10.9. The van der Waals surface area contributed by atoms with Gasteiger partial charge in [0.15, 0.2) is 5.43 Å². The van der Waals surface area contributed by atoms with Crippen molar-refractivity contribution in [2.24, 2.45) is 0 Å². The summed E-state index contributed by atoms with van der Waals surface area (Å²) in [6, 6.07) is 32.5. The number of rotatable bonds is 12. The van der Waals surface area contributed by atoms with Gasteiger partial charge in [0.25, 0.3) is 0 Å². The molecule has 10 nitrogen and oxygen atoms in total. The first-order valence-corrected chi connectivity index (χ1v) is 16.3. The number of ether oxygens (including phenoxy) is 2. The highest BCUT2D eigenvalue weighted by Crippen LogP contribution is 2.30. The molecule has 0 radical (unpaired) electrons. The van der Waals surface area contributed by atoms with Gasteiger partial charge in [-0.05, 0) is 29.8 Å². The summed E-state index contributed by atoms with van der Waals surface area (Å²) in [6.45, 7) is 1.09. The summed E-state index contributed by atoms with van der Waals surface area (Å²) in [5.74, 6) is 1.90. The summed E-state index contributed by atoms with van der Waals surface area (Å²) in [5, 5.41) is 18.6. The highest BCUT2D eigenvalue weighted by Gasteiger charge is 2.15. The largest absolute Gasteiger partial charge is 0.497 e. The molecule has 0 aliphatic carbocycles. The van der Waals surface area contributed by atoms with E-state index in [0.717, 1.165) is 39.5 Å². The Labute approximate surface area is 280 Å². The Morgan fingerprint density at radius 1 is 0.792 bits per heavy atom. The van der Waals surface area contributed by atoms with Crippen LogP contribution < -0.4 is 14.9 Å². The standard InChI is InChI=1S/C37H30N6O4S/c1-45-29-15-13-25(14-16-29)32-23-47-33-21-30(17-18-31(33)36(32)44)46-20-8-19-43-22-28(39-42-43)24-48-37-38-34(26-9-4-2-5-10-26)35(40-41-37)27-11-6-3-7-12-27/h2-7,9-18,21-23H,8,19-20,24H2,1H3. The van der Waals surface area contributed by atoms with Crippen molar-refractivity contribution in [2.45, 2.75) is 23.9 Å². The van der Waals surface area contributed by atoms with E-state index >= 15 is 0 Å². The lowest BCUT2D eigenvalue weighted by atomic mass is 10.0. The predicted molar refractivity (Wildman–Crippen MR) is 185 cm³/mol. The van der Waals surface area contributed by atoms with Crippen LogP contribution in [0, 0.1) is 0 Å². The molecule has 0 saturated heterocycles. The number of thioether (sulfide) groups is 1. The van der Waals surface area contributed by atoms with Gasteiger partial charge in [-0.15, -0.1) is 15.3 Å². The molecule has 48 heavy (non-hydrogen) atoms. The van der Waals surface area contributed by atoms with Gasteiger partial charge in [-0.2, -0.15) is 0 Å². The number of hydrogen-bond acceptors (Lipinski definition) is 10. The van der Waals surface area contributed by atoms with Crippen LogP contribution in [-0.2, 0) is 12.3 Å². The predicted octanol–water partition coefficient (Wildman–Crippen LogP) is 7.34. The van der Waals surface area contributed by atoms with Crippen LogP contribution in [-0.4, -0.2) is 43.9 Å². The number of benzene rings is 4. The maximum Gasteiger partial charge on any atom is 0.210 e. The van der Waals surface area contributed by atoms with E-state index in [4.69, 9.17) is 18.9 Å². The maximum absolute atomic E-state index is 13.1. The SMILES string of the molecule is COc1ccc(-c2coc3cc(OCCCn4cc(CSc5nnc(-c6ccccc6)c(-c6ccccc6)n5)nn4)ccc3c2=O)cc1. The highest BCUT2D eigenvalue weighted by molar-refractivity contribution is 7.98. The maximum atomic E-state index is 13.1. The number of nitrogens with zero attached hydrogens (tertiary/aromatic N) is 6. The number of aromatic nitrogens is 6. The van der Waals surface area contributed by atoms with Gasteiger partial charge in [0.1, 0.15) is 34.7 Å². The molecule has 238 valence electrons. The third kappa shape index (κ3) is 6.96. The van der Waals surface area contributed by atoms with Crippen molar-refractivity contribution >= 4 is 22.7 Å². The third-order valence-corrected chi connectivity index (χ3v) is 8.52. The fraction of sp³-hybridized carbons (Fsp3) is 0.135. The second kappa shape index (κ2) is 14.3. The second-order valence-corrected chi connectivity index (χ2v) is 11.8. The quantitative estimate of drug-likeness (QED) is 0.0978. The Hall–Kier alpha value is -5.81. The minimum absolute atomic E-state index is 0.100. The lowest BCUT2D eigenvalue weighted by Crippen LogP contribution is -2.06. The van der Waals surface area contributed by atoms with E-state index < -0.39 is 0 Å². The molecule has 7 rings (SSSR count). The van der Waals surface area contributed by atoms with Crippen LogP contribution >= 0.6 is 11.8 Å². The summed E-state index contributed by atoms with van der Waals surface area (Å²) in [4.78, 5) is 18.0. The molecule has 3 aromatic heterocycles. The number of methoxy groups -OCH3 is 1. The average molecular weight is 655 g/mol. The zero-order valence-corrected chi connectivity index (χ0v) is 26.8. The van der Waals surface area contributed by atoms with Crippen molar-refractivity contribution in [2.75, 3.05) is 13.7 Å². The molecule has 0 fully saturated rings. The van der Waals surface area contributed by atoms with Gasteiger partial charge in [0.05, 0.1) is 30.4 Å². The van der Waals surface area contributed by atoms with Crippen LogP contribution in [0.1, 0.15) is 12.1 Å². The molecule has 0 unspecified atom stereocenters. The number of aryl methyl sites for hydroxylation is 1. The molecule has 0 N–H and O–H groups in total. The van der Waals surface area contributed by atoms with Crippen LogP contribution in [0.4, 0.5) is 0 Å². The minimum atomic E-state index is -0.100. The molecule has 0 bridgehead atoms. The molecule has 3 heterocycles. The summed E-state index contributed by atoms with van der Waals surface area (Å²) < 4.78 is 18.8. The first-order valence-electron chi connectivity index (χ1n) is 15.3. The Kier molecular flexibility index (Phi) is 9.19. The first-order chi connectivity index (χ1) is 23.6. The Morgan fingerprint density at radius 3 is 2.27 bits per heavy atom. The normalized spacial score (nSPS) is 11.1. The van der Waals surface area contributed by atoms with E-state index in [9.17, 15) is 4.79 Å². The fourth-order valence-corrected chi connectivity index (χ4v) is 5.86. The highest BCUT2D eigenvalue weighted by atomic mass is 32.2. The summed E-state index contributed by atoms with van der Waals surface area (Å²) >= 11 is 1.47. The van der Waals surface area contributed by atoms with Gasteiger partial charge < -0.3 is 13.9 Å². The third-order valence-electron chi connectivity index (χ3n) is 7.64. The summed E-state index contributed by atoms with van der Waals surface area (Å²) in [6.07, 6.45) is 4.12. The van der Waals surface area contributed by atoms with E-state index in [-0.39, 0.29) is 5.43 Å². The molecular weight excluding hydrogens is 625 g/mol. The zero-order chi connectivity index (χ0) is 32.7. The topological polar surface area (TPSA) is 118 Å². The first kappa shape index (κ1) is 30.8. The molecule has 11 heteroatoms. The lowest BCUT2D eigenvalue weighted by molar-refractivity contribution is 0.298. The van der Waals surface area contributed by atoms with Gasteiger partial charge in [-0.1, -0.05) is 89.8 Å². The average Bonchev–Trinajstić information content (AvgIpc) is 3.61. The molecule has 7 aromatic rings. The zero-order valence-electron chi connectivity index (χ0n) is 26.0. The smallest absolute Gasteiger partial charge is 0.210 e. The van der Waals surface area contributed by atoms with Gasteiger partial charge in [0, 0.05) is 42.1 Å². The Morgan fingerprint density at radius 2 is 1.52 bits per heavy atom. The van der Waals surface area contributed by atoms with Gasteiger partial charge in [-0.3, -0.25) is 9.48 Å². The molecule has 0 spiro atoms. The van der Waals surface area contributed by atoms with Gasteiger partial charge in [-0.25, -0.2) is 4.98 Å². The fourth-order valence-electron chi connectivity index (χ4n) is 5.20. The van der Waals surface area contributed by atoms with Crippen molar-refractivity contribution < 1.29 is 13.9 Å². The van der Waals surface area contributed by atoms with Crippen molar-refractivity contribution in [3.05, 3.63) is 132 Å². The molecule has 4 aromatic carbocycles.